The van der Waals surface area contributed by atoms with Crippen molar-refractivity contribution in [1.82, 2.24) is 14.9 Å². The van der Waals surface area contributed by atoms with Gasteiger partial charge in [0.15, 0.2) is 0 Å². The number of rotatable bonds is 4. The highest BCUT2D eigenvalue weighted by Gasteiger charge is 2.31. The lowest BCUT2D eigenvalue weighted by atomic mass is 10.0. The van der Waals surface area contributed by atoms with Gasteiger partial charge in [-0.15, -0.1) is 4.72 Å². The fourth-order valence-electron chi connectivity index (χ4n) is 1.31. The molecule has 92 valence electrons. The Bertz CT molecular complexity index is 306. The number of nitrogens with one attached hydrogen (secondary N) is 2. The Hall–Kier alpha value is -0.520. The maximum atomic E-state index is 12.0. The summed E-state index contributed by atoms with van der Waals surface area (Å²) in [6.45, 7) is 10.1. The van der Waals surface area contributed by atoms with Crippen LogP contribution in [0.3, 0.4) is 0 Å². The van der Waals surface area contributed by atoms with Crippen LogP contribution in [-0.4, -0.2) is 19.5 Å². The fraction of sp³-hybridized carbons (Fsp3) is 0.727. The van der Waals surface area contributed by atoms with Crippen LogP contribution in [0.2, 0.25) is 0 Å². The van der Waals surface area contributed by atoms with E-state index in [2.05, 4.69) is 28.8 Å². The molecule has 1 aromatic rings. The van der Waals surface area contributed by atoms with Gasteiger partial charge >= 0.3 is 0 Å². The molecule has 5 heteroatoms. The monoisotopic (exact) mass is 243 g/mol. The molecule has 16 heavy (non-hydrogen) atoms. The van der Waals surface area contributed by atoms with Crippen LogP contribution in [0, 0.1) is 5.92 Å². The first kappa shape index (κ1) is 13.5. The second kappa shape index (κ2) is 5.21. The van der Waals surface area contributed by atoms with E-state index in [9.17, 15) is 4.55 Å². The van der Waals surface area contributed by atoms with Gasteiger partial charge in [-0.05, 0) is 26.7 Å². The molecule has 2 N–H and O–H groups in total. The molecule has 0 aliphatic heterocycles. The normalized spacial score (nSPS) is 16.4. The average molecular weight is 243 g/mol. The van der Waals surface area contributed by atoms with Gasteiger partial charge in [0.2, 0.25) is 0 Å². The van der Waals surface area contributed by atoms with Crippen LogP contribution in [0.15, 0.2) is 12.4 Å². The van der Waals surface area contributed by atoms with Crippen molar-refractivity contribution < 1.29 is 4.55 Å². The third-order valence-electron chi connectivity index (χ3n) is 2.34. The van der Waals surface area contributed by atoms with Crippen LogP contribution in [0.25, 0.3) is 0 Å². The molecule has 0 radical (unpaired) electrons. The molecule has 0 saturated heterocycles. The first-order chi connectivity index (χ1) is 7.32. The van der Waals surface area contributed by atoms with Gasteiger partial charge in [0.05, 0.1) is 12.2 Å². The summed E-state index contributed by atoms with van der Waals surface area (Å²) in [6, 6.07) is 0.0683. The van der Waals surface area contributed by atoms with Crippen molar-refractivity contribution in [1.29, 1.82) is 0 Å². The third-order valence-corrected chi connectivity index (χ3v) is 3.92. The van der Waals surface area contributed by atoms with E-state index in [1.807, 2.05) is 27.0 Å². The largest absolute Gasteiger partial charge is 0.598 e. The van der Waals surface area contributed by atoms with E-state index in [-0.39, 0.29) is 10.8 Å². The van der Waals surface area contributed by atoms with Crippen LogP contribution < -0.4 is 4.72 Å². The first-order valence-electron chi connectivity index (χ1n) is 5.49. The maximum Gasteiger partial charge on any atom is 0.136 e. The van der Waals surface area contributed by atoms with Gasteiger partial charge < -0.3 is 4.55 Å². The summed E-state index contributed by atoms with van der Waals surface area (Å²) in [5.74, 6) is 0.365. The second-order valence-electron chi connectivity index (χ2n) is 5.25. The van der Waals surface area contributed by atoms with Gasteiger partial charge in [0, 0.05) is 23.1 Å². The van der Waals surface area contributed by atoms with E-state index in [1.165, 1.54) is 0 Å². The van der Waals surface area contributed by atoms with Crippen LogP contribution in [0.1, 0.15) is 46.2 Å². The van der Waals surface area contributed by atoms with Gasteiger partial charge in [0.1, 0.15) is 4.75 Å². The quantitative estimate of drug-likeness (QED) is 0.796. The van der Waals surface area contributed by atoms with Crippen molar-refractivity contribution in [3.05, 3.63) is 18.0 Å². The molecule has 0 aliphatic carbocycles. The van der Waals surface area contributed by atoms with Crippen molar-refractivity contribution in [2.75, 3.05) is 0 Å². The Morgan fingerprint density at radius 2 is 2.06 bits per heavy atom. The summed E-state index contributed by atoms with van der Waals surface area (Å²) in [7, 11) is 0. The lowest BCUT2D eigenvalue weighted by Gasteiger charge is -2.29. The number of H-pyrrole nitrogens is 1. The zero-order chi connectivity index (χ0) is 12.3. The minimum atomic E-state index is -1.06. The van der Waals surface area contributed by atoms with Crippen molar-refractivity contribution in [2.24, 2.45) is 5.92 Å². The molecule has 0 fully saturated rings. The van der Waals surface area contributed by atoms with E-state index in [1.54, 1.807) is 6.20 Å². The molecule has 4 nitrogen and oxygen atoms in total. The highest BCUT2D eigenvalue weighted by Crippen LogP contribution is 2.24. The predicted molar refractivity (Wildman–Crippen MR) is 67.2 cm³/mol. The molecule has 0 aromatic carbocycles. The summed E-state index contributed by atoms with van der Waals surface area (Å²) in [5.41, 5.74) is 1.05. The molecule has 0 spiro atoms. The van der Waals surface area contributed by atoms with Gasteiger partial charge in [-0.25, -0.2) is 0 Å². The summed E-state index contributed by atoms with van der Waals surface area (Å²) in [5, 5.41) is 6.72. The average Bonchev–Trinajstić information content (AvgIpc) is 2.63. The molecular weight excluding hydrogens is 222 g/mol. The van der Waals surface area contributed by atoms with Crippen molar-refractivity contribution in [3.8, 4) is 0 Å². The molecule has 2 atom stereocenters. The maximum absolute atomic E-state index is 12.0. The number of aromatic amines is 1. The minimum absolute atomic E-state index is 0.0683. The molecule has 0 saturated carbocycles. The number of hydrogen-bond acceptors (Lipinski definition) is 3. The van der Waals surface area contributed by atoms with Crippen molar-refractivity contribution in [2.45, 2.75) is 45.4 Å². The number of aromatic nitrogens is 2. The Labute approximate surface area is 101 Å². The number of nitrogens with zero attached hydrogens (tertiary/aromatic N) is 1. The summed E-state index contributed by atoms with van der Waals surface area (Å²) in [6.07, 6.45) is 3.62. The third kappa shape index (κ3) is 3.50. The van der Waals surface area contributed by atoms with E-state index in [0.29, 0.717) is 5.92 Å². The second-order valence-corrected chi connectivity index (χ2v) is 7.25. The smallest absolute Gasteiger partial charge is 0.136 e. The lowest BCUT2D eigenvalue weighted by Crippen LogP contribution is -2.42. The summed E-state index contributed by atoms with van der Waals surface area (Å²) < 4.78 is 15.0. The molecular formula is C11H21N3OS. The lowest BCUT2D eigenvalue weighted by molar-refractivity contribution is 0.452. The van der Waals surface area contributed by atoms with Gasteiger partial charge in [-0.1, -0.05) is 13.8 Å². The molecule has 1 rings (SSSR count). The Morgan fingerprint density at radius 1 is 1.44 bits per heavy atom. The first-order valence-corrected chi connectivity index (χ1v) is 6.64. The Morgan fingerprint density at radius 3 is 2.44 bits per heavy atom. The molecule has 1 heterocycles. The van der Waals surface area contributed by atoms with E-state index < -0.39 is 11.4 Å². The minimum Gasteiger partial charge on any atom is -0.598 e. The van der Waals surface area contributed by atoms with Gasteiger partial charge in [-0.3, -0.25) is 5.10 Å². The zero-order valence-electron chi connectivity index (χ0n) is 10.6. The van der Waals surface area contributed by atoms with E-state index in [0.717, 1.165) is 5.56 Å². The summed E-state index contributed by atoms with van der Waals surface area (Å²) >= 11 is -1.06. The van der Waals surface area contributed by atoms with E-state index in [4.69, 9.17) is 0 Å². The standard InChI is InChI=1S/C11H21N3OS/c1-8(2)10(9-6-12-13-7-9)14-16(15)11(3,4)5/h6-8,10,14H,1-5H3,(H,12,13). The zero-order valence-corrected chi connectivity index (χ0v) is 11.4. The van der Waals surface area contributed by atoms with E-state index >= 15 is 0 Å². The summed E-state index contributed by atoms with van der Waals surface area (Å²) in [4.78, 5) is 0. The van der Waals surface area contributed by atoms with Crippen LogP contribution >= 0.6 is 0 Å². The topological polar surface area (TPSA) is 63.8 Å². The predicted octanol–water partition coefficient (Wildman–Crippen LogP) is 2.16. The Balaban J connectivity index is 2.74. The van der Waals surface area contributed by atoms with Crippen LogP contribution in [-0.2, 0) is 11.4 Å². The molecule has 0 amide bonds. The van der Waals surface area contributed by atoms with Crippen LogP contribution in [0.4, 0.5) is 0 Å². The molecule has 0 aliphatic rings. The highest BCUT2D eigenvalue weighted by molar-refractivity contribution is 7.90. The van der Waals surface area contributed by atoms with Crippen molar-refractivity contribution in [3.63, 3.8) is 0 Å². The fourth-order valence-corrected chi connectivity index (χ4v) is 2.30. The highest BCUT2D eigenvalue weighted by atomic mass is 32.2. The van der Waals surface area contributed by atoms with Crippen LogP contribution in [0.5, 0.6) is 0 Å². The number of hydrogen-bond donors (Lipinski definition) is 2. The van der Waals surface area contributed by atoms with Crippen molar-refractivity contribution >= 4 is 11.4 Å². The SMILES string of the molecule is CC(C)C(N[S+]([O-])C(C)(C)C)c1cn[nH]c1. The Kier molecular flexibility index (Phi) is 4.41. The van der Waals surface area contributed by atoms with Gasteiger partial charge in [0.25, 0.3) is 0 Å². The molecule has 2 unspecified atom stereocenters. The molecule has 1 aromatic heterocycles. The molecule has 0 bridgehead atoms. The van der Waals surface area contributed by atoms with Gasteiger partial charge in [-0.2, -0.15) is 5.10 Å².